The quantitative estimate of drug-likeness (QED) is 0.140. The fraction of sp³-hybridized carbons (Fsp3) is 0.467. The predicted molar refractivity (Wildman–Crippen MR) is 158 cm³/mol. The maximum Gasteiger partial charge on any atom is 0.0975 e. The van der Waals surface area contributed by atoms with Crippen molar-refractivity contribution in [2.45, 2.75) is 91.7 Å². The van der Waals surface area contributed by atoms with Crippen molar-refractivity contribution in [1.82, 2.24) is 19.9 Å². The van der Waals surface area contributed by atoms with Gasteiger partial charge in [-0.1, -0.05) is 59.8 Å². The van der Waals surface area contributed by atoms with Crippen molar-refractivity contribution in [2.24, 2.45) is 0 Å². The van der Waals surface area contributed by atoms with Gasteiger partial charge in [0, 0.05) is 33.7 Å². The Hall–Kier alpha value is -2.45. The van der Waals surface area contributed by atoms with Crippen molar-refractivity contribution < 1.29 is 30.0 Å². The van der Waals surface area contributed by atoms with Crippen LogP contribution in [-0.4, -0.2) is 38.2 Å². The van der Waals surface area contributed by atoms with E-state index in [1.807, 2.05) is 0 Å². The predicted octanol–water partition coefficient (Wildman–Crippen LogP) is 8.31. The molecule has 0 aromatic carbocycles. The first kappa shape index (κ1) is 34.6. The molecule has 0 saturated heterocycles. The molecule has 39 heavy (non-hydrogen) atoms. The fourth-order valence-corrected chi connectivity index (χ4v) is 5.71. The van der Waals surface area contributed by atoms with Gasteiger partial charge in [-0.05, 0) is 75.2 Å². The Labute approximate surface area is 245 Å². The van der Waals surface area contributed by atoms with E-state index in [0.717, 1.165) is 58.4 Å². The number of hydrogen-bond donors (Lipinski definition) is 4. The molecular formula is C30H45FeN4O3S-. The number of hydrogen-bond acceptors (Lipinski definition) is 3. The van der Waals surface area contributed by atoms with E-state index in [2.05, 4.69) is 82.3 Å². The molecule has 4 aromatic rings. The van der Waals surface area contributed by atoms with Crippen molar-refractivity contribution in [3.05, 3.63) is 59.9 Å². The molecule has 218 valence electrons. The molecule has 4 heterocycles. The summed E-state index contributed by atoms with van der Waals surface area (Å²) in [6.45, 7) is 4.12. The van der Waals surface area contributed by atoms with Gasteiger partial charge < -0.3 is 24.5 Å². The Kier molecular flexibility index (Phi) is 14.2. The van der Waals surface area contributed by atoms with E-state index in [0.29, 0.717) is 12.8 Å². The third-order valence-electron chi connectivity index (χ3n) is 6.87. The summed E-state index contributed by atoms with van der Waals surface area (Å²) < 4.78 is 30.8. The van der Waals surface area contributed by atoms with Gasteiger partial charge in [0.15, 0.2) is 0 Å². The zero-order valence-electron chi connectivity index (χ0n) is 21.5. The average Bonchev–Trinajstić information content (AvgIpc) is 3.65. The molecule has 0 spiro atoms. The topological polar surface area (TPSA) is 120 Å². The maximum atomic E-state index is 10.3. The van der Waals surface area contributed by atoms with Gasteiger partial charge in [-0.25, -0.2) is 8.42 Å². The van der Waals surface area contributed by atoms with Crippen LogP contribution in [-0.2, 0) is 27.2 Å². The van der Waals surface area contributed by atoms with Crippen molar-refractivity contribution in [2.75, 3.05) is 0 Å². The molecule has 0 amide bonds. The third kappa shape index (κ3) is 9.91. The smallest absolute Gasteiger partial charge is 0.0975 e. The van der Waals surface area contributed by atoms with Gasteiger partial charge in [-0.3, -0.25) is 0 Å². The van der Waals surface area contributed by atoms with Gasteiger partial charge in [-0.2, -0.15) is 0 Å². The Morgan fingerprint density at radius 3 is 1.08 bits per heavy atom. The third-order valence-corrected chi connectivity index (χ3v) is 8.15. The van der Waals surface area contributed by atoms with Crippen LogP contribution in [0.3, 0.4) is 0 Å². The van der Waals surface area contributed by atoms with Crippen LogP contribution in [0.25, 0.3) is 34.2 Å². The monoisotopic (exact) mass is 597 g/mol. The van der Waals surface area contributed by atoms with Crippen LogP contribution in [0.1, 0.15) is 84.0 Å². The molecule has 0 atom stereocenters. The molecule has 2 aliphatic rings. The Morgan fingerprint density at radius 1 is 0.564 bits per heavy atom. The van der Waals surface area contributed by atoms with E-state index in [1.54, 1.807) is 0 Å². The molecule has 6 rings (SSSR count). The molecule has 2 fully saturated rings. The van der Waals surface area contributed by atoms with Crippen LogP contribution in [0.15, 0.2) is 48.5 Å². The molecule has 7 nitrogen and oxygen atoms in total. The van der Waals surface area contributed by atoms with Crippen LogP contribution in [0.4, 0.5) is 0 Å². The van der Waals surface area contributed by atoms with Crippen LogP contribution in [0.5, 0.6) is 0 Å². The van der Waals surface area contributed by atoms with Crippen LogP contribution < -0.4 is 0 Å². The molecule has 9 heteroatoms. The molecule has 0 aliphatic heterocycles. The SMILES string of the molecule is C.C.C1CCCC1.Cc1ccc(-c2ccc(-c3ccc(-c4ccc(C)[nH]4)[nH]3)[nH]2)[nH]1.O=S(=O)([O-])C1CCCC1.[Fe]. The largest absolute Gasteiger partial charge is 0.748 e. The van der Waals surface area contributed by atoms with E-state index in [9.17, 15) is 13.0 Å². The average molecular weight is 598 g/mol. The summed E-state index contributed by atoms with van der Waals surface area (Å²) in [5.74, 6) is 0. The number of aryl methyl sites for hydroxylation is 2. The number of H-pyrrole nitrogens is 4. The summed E-state index contributed by atoms with van der Waals surface area (Å²) in [4.78, 5) is 13.6. The minimum absolute atomic E-state index is 0. The zero-order valence-corrected chi connectivity index (χ0v) is 23.5. The normalized spacial score (nSPS) is 14.6. The zero-order chi connectivity index (χ0) is 25.5. The summed E-state index contributed by atoms with van der Waals surface area (Å²) in [5.41, 5.74) is 8.88. The second-order valence-corrected chi connectivity index (χ2v) is 11.5. The maximum absolute atomic E-state index is 10.3. The first-order chi connectivity index (χ1) is 17.3. The summed E-state index contributed by atoms with van der Waals surface area (Å²) >= 11 is 0. The van der Waals surface area contributed by atoms with Gasteiger partial charge in [-0.15, -0.1) is 0 Å². The minimum Gasteiger partial charge on any atom is -0.748 e. The van der Waals surface area contributed by atoms with Crippen LogP contribution in [0.2, 0.25) is 0 Å². The Balaban J connectivity index is 0.000000374. The van der Waals surface area contributed by atoms with E-state index >= 15 is 0 Å². The second-order valence-electron chi connectivity index (χ2n) is 9.85. The van der Waals surface area contributed by atoms with Gasteiger partial charge in [0.2, 0.25) is 0 Å². The van der Waals surface area contributed by atoms with E-state index in [-0.39, 0.29) is 31.9 Å². The van der Waals surface area contributed by atoms with Gasteiger partial charge >= 0.3 is 0 Å². The molecular weight excluding hydrogens is 552 g/mol. The summed E-state index contributed by atoms with van der Waals surface area (Å²) in [6, 6.07) is 16.7. The van der Waals surface area contributed by atoms with Gasteiger partial charge in [0.05, 0.1) is 44.3 Å². The molecule has 4 aromatic heterocycles. The minimum atomic E-state index is -3.95. The Bertz CT molecular complexity index is 1260. The Morgan fingerprint density at radius 2 is 0.846 bits per heavy atom. The number of rotatable bonds is 4. The van der Waals surface area contributed by atoms with Crippen LogP contribution >= 0.6 is 0 Å². The van der Waals surface area contributed by atoms with E-state index in [1.165, 1.54) is 32.1 Å². The molecule has 4 N–H and O–H groups in total. The van der Waals surface area contributed by atoms with Crippen molar-refractivity contribution >= 4 is 10.1 Å². The summed E-state index contributed by atoms with van der Waals surface area (Å²) in [7, 11) is -3.95. The van der Waals surface area contributed by atoms with Crippen molar-refractivity contribution in [1.29, 1.82) is 0 Å². The van der Waals surface area contributed by atoms with E-state index < -0.39 is 15.4 Å². The fourth-order valence-electron chi connectivity index (χ4n) is 4.80. The summed E-state index contributed by atoms with van der Waals surface area (Å²) in [6.07, 6.45) is 10.4. The van der Waals surface area contributed by atoms with E-state index in [4.69, 9.17) is 0 Å². The van der Waals surface area contributed by atoms with Crippen molar-refractivity contribution in [3.63, 3.8) is 0 Å². The van der Waals surface area contributed by atoms with Gasteiger partial charge in [0.25, 0.3) is 0 Å². The van der Waals surface area contributed by atoms with Crippen LogP contribution in [0, 0.1) is 13.8 Å². The first-order valence-corrected chi connectivity index (χ1v) is 14.4. The first-order valence-electron chi connectivity index (χ1n) is 12.9. The standard InChI is InChI=1S/C18H18N4.C5H10O3S.C5H10.2CH4.Fe/c1-11-3-5-13(19-11)15-7-9-17(21-15)18-10-8-16(22-18)14-6-4-12(2)20-14;6-9(7,8)5-3-1-2-4-5;1-2-4-5-3-1;;;/h3-10,19-22H,1-2H3;5H,1-4H2,(H,6,7,8);1-5H2;2*1H4;/p-1. The molecule has 2 saturated carbocycles. The molecule has 0 bridgehead atoms. The second kappa shape index (κ2) is 16.0. The molecule has 0 unspecified atom stereocenters. The van der Waals surface area contributed by atoms with Crippen molar-refractivity contribution in [3.8, 4) is 34.2 Å². The number of aromatic amines is 4. The molecule has 0 radical (unpaired) electrons. The number of aromatic nitrogens is 4. The number of nitrogens with one attached hydrogen (secondary N) is 4. The molecule has 2 aliphatic carbocycles. The van der Waals surface area contributed by atoms with Gasteiger partial charge in [0.1, 0.15) is 0 Å². The summed E-state index contributed by atoms with van der Waals surface area (Å²) in [5, 5.41) is -0.572.